The Hall–Kier alpha value is -2.97. The number of aromatic amines is 1. The quantitative estimate of drug-likeness (QED) is 0.549. The molecule has 2 aromatic rings. The number of nitrogens with zero attached hydrogens (tertiary/aromatic N) is 3. The molecular weight excluding hydrogens is 264 g/mol. The van der Waals surface area contributed by atoms with Crippen LogP contribution in [0.5, 0.6) is 0 Å². The van der Waals surface area contributed by atoms with Gasteiger partial charge in [0.25, 0.3) is 11.6 Å². The van der Waals surface area contributed by atoms with Crippen LogP contribution in [0.15, 0.2) is 18.2 Å². The van der Waals surface area contributed by atoms with Crippen LogP contribution >= 0.6 is 0 Å². The summed E-state index contributed by atoms with van der Waals surface area (Å²) in [6, 6.07) is 4.69. The summed E-state index contributed by atoms with van der Waals surface area (Å²) in [6.07, 6.45) is 0. The molecule has 0 spiro atoms. The third-order valence-corrected chi connectivity index (χ3v) is 2.77. The summed E-state index contributed by atoms with van der Waals surface area (Å²) in [5.74, 6) is -0.521. The van der Waals surface area contributed by atoms with E-state index in [1.54, 1.807) is 19.1 Å². The smallest absolute Gasteiger partial charge is 0.288 e. The fourth-order valence-corrected chi connectivity index (χ4v) is 1.69. The van der Waals surface area contributed by atoms with Crippen molar-refractivity contribution in [2.24, 2.45) is 0 Å². The lowest BCUT2D eigenvalue weighted by Gasteiger charge is -2.07. The molecule has 0 unspecified atom stereocenters. The molecule has 1 aromatic heterocycles. The Balaban J connectivity index is 2.10. The number of nitrogen functional groups attached to an aromatic ring is 1. The topological polar surface area (TPSA) is 140 Å². The van der Waals surface area contributed by atoms with Gasteiger partial charge in [-0.2, -0.15) is 4.98 Å². The number of carbonyl (C=O) groups excluding carboxylic acids is 1. The highest BCUT2D eigenvalue weighted by Gasteiger charge is 2.15. The molecule has 1 aromatic carbocycles. The highest BCUT2D eigenvalue weighted by atomic mass is 16.6. The van der Waals surface area contributed by atoms with Crippen LogP contribution in [-0.4, -0.2) is 26.0 Å². The van der Waals surface area contributed by atoms with Crippen molar-refractivity contribution in [3.63, 3.8) is 0 Å². The molecule has 0 saturated heterocycles. The largest absolute Gasteiger partial charge is 0.366 e. The van der Waals surface area contributed by atoms with Gasteiger partial charge in [-0.05, 0) is 12.5 Å². The lowest BCUT2D eigenvalue weighted by molar-refractivity contribution is -0.385. The number of anilines is 1. The number of nitrogens with one attached hydrogen (secondary N) is 2. The zero-order valence-electron chi connectivity index (χ0n) is 10.6. The Bertz CT molecular complexity index is 666. The standard InChI is InChI=1S/C11H12N6O3/c1-6-7(3-2-4-8(6)17(19)20)5-13-10(18)9-14-11(12)16-15-9/h2-4H,5H2,1H3,(H,13,18)(H3,12,14,15,16). The minimum absolute atomic E-state index is 0.00872. The number of benzene rings is 1. The number of aromatic nitrogens is 3. The van der Waals surface area contributed by atoms with Crippen LogP contribution in [0, 0.1) is 17.0 Å². The van der Waals surface area contributed by atoms with E-state index in [0.29, 0.717) is 11.1 Å². The van der Waals surface area contributed by atoms with E-state index in [0.717, 1.165) is 0 Å². The monoisotopic (exact) mass is 276 g/mol. The van der Waals surface area contributed by atoms with Crippen LogP contribution in [0.1, 0.15) is 21.7 Å². The van der Waals surface area contributed by atoms with Crippen LogP contribution in [0.25, 0.3) is 0 Å². The molecule has 0 saturated carbocycles. The molecule has 0 aliphatic rings. The second-order valence-electron chi connectivity index (χ2n) is 4.04. The number of hydrogen-bond donors (Lipinski definition) is 3. The Labute approximate surface area is 113 Å². The number of nitrogens with two attached hydrogens (primary N) is 1. The normalized spacial score (nSPS) is 10.2. The molecule has 0 aliphatic heterocycles. The molecule has 2 rings (SSSR count). The highest BCUT2D eigenvalue weighted by Crippen LogP contribution is 2.20. The average Bonchev–Trinajstić information content (AvgIpc) is 2.83. The van der Waals surface area contributed by atoms with E-state index in [9.17, 15) is 14.9 Å². The third-order valence-electron chi connectivity index (χ3n) is 2.77. The molecule has 104 valence electrons. The Kier molecular flexibility index (Phi) is 3.60. The maximum absolute atomic E-state index is 11.7. The average molecular weight is 276 g/mol. The van der Waals surface area contributed by atoms with Gasteiger partial charge in [-0.3, -0.25) is 20.0 Å². The van der Waals surface area contributed by atoms with Crippen LogP contribution in [-0.2, 0) is 6.54 Å². The molecule has 4 N–H and O–H groups in total. The van der Waals surface area contributed by atoms with E-state index in [2.05, 4.69) is 20.5 Å². The molecular formula is C11H12N6O3. The second kappa shape index (κ2) is 5.34. The van der Waals surface area contributed by atoms with Crippen LogP contribution < -0.4 is 11.1 Å². The van der Waals surface area contributed by atoms with E-state index >= 15 is 0 Å². The number of nitro benzene ring substituents is 1. The van der Waals surface area contributed by atoms with Crippen molar-refractivity contribution < 1.29 is 9.72 Å². The number of H-pyrrole nitrogens is 1. The van der Waals surface area contributed by atoms with Gasteiger partial charge in [-0.25, -0.2) is 0 Å². The lowest BCUT2D eigenvalue weighted by Crippen LogP contribution is -2.24. The summed E-state index contributed by atoms with van der Waals surface area (Å²) in [5.41, 5.74) is 6.47. The van der Waals surface area contributed by atoms with E-state index in [4.69, 9.17) is 5.73 Å². The van der Waals surface area contributed by atoms with Gasteiger partial charge in [0.05, 0.1) is 4.92 Å². The second-order valence-corrected chi connectivity index (χ2v) is 4.04. The summed E-state index contributed by atoms with van der Waals surface area (Å²) in [7, 11) is 0. The van der Waals surface area contributed by atoms with Gasteiger partial charge >= 0.3 is 0 Å². The van der Waals surface area contributed by atoms with Crippen LogP contribution in [0.3, 0.4) is 0 Å². The molecule has 9 nitrogen and oxygen atoms in total. The molecule has 1 heterocycles. The molecule has 0 atom stereocenters. The van der Waals surface area contributed by atoms with Crippen molar-refractivity contribution in [1.29, 1.82) is 0 Å². The zero-order valence-corrected chi connectivity index (χ0v) is 10.6. The summed E-state index contributed by atoms with van der Waals surface area (Å²) in [5, 5.41) is 19.3. The van der Waals surface area contributed by atoms with Gasteiger partial charge in [0.2, 0.25) is 11.8 Å². The number of hydrogen-bond acceptors (Lipinski definition) is 6. The Morgan fingerprint density at radius 1 is 1.55 bits per heavy atom. The fourth-order valence-electron chi connectivity index (χ4n) is 1.69. The van der Waals surface area contributed by atoms with Crippen molar-refractivity contribution in [2.45, 2.75) is 13.5 Å². The van der Waals surface area contributed by atoms with Crippen molar-refractivity contribution in [1.82, 2.24) is 20.5 Å². The van der Waals surface area contributed by atoms with Gasteiger partial charge in [-0.1, -0.05) is 12.1 Å². The zero-order chi connectivity index (χ0) is 14.7. The number of amides is 1. The Morgan fingerprint density at radius 3 is 2.90 bits per heavy atom. The van der Waals surface area contributed by atoms with E-state index in [-0.39, 0.29) is 24.0 Å². The SMILES string of the molecule is Cc1c(CNC(=O)c2nc(N)n[nH]2)cccc1[N+](=O)[O-]. The fraction of sp³-hybridized carbons (Fsp3) is 0.182. The van der Waals surface area contributed by atoms with Crippen molar-refractivity contribution in [3.8, 4) is 0 Å². The first kappa shape index (κ1) is 13.5. The third kappa shape index (κ3) is 2.71. The van der Waals surface area contributed by atoms with Crippen LogP contribution in [0.2, 0.25) is 0 Å². The summed E-state index contributed by atoms with van der Waals surface area (Å²) in [4.78, 5) is 25.8. The van der Waals surface area contributed by atoms with E-state index in [1.807, 2.05) is 0 Å². The van der Waals surface area contributed by atoms with Gasteiger partial charge in [0.15, 0.2) is 0 Å². The first-order valence-electron chi connectivity index (χ1n) is 5.68. The van der Waals surface area contributed by atoms with Gasteiger partial charge < -0.3 is 11.1 Å². The molecule has 0 radical (unpaired) electrons. The minimum Gasteiger partial charge on any atom is -0.366 e. The molecule has 1 amide bonds. The van der Waals surface area contributed by atoms with Gasteiger partial charge in [0, 0.05) is 18.2 Å². The maximum Gasteiger partial charge on any atom is 0.288 e. The van der Waals surface area contributed by atoms with Crippen molar-refractivity contribution in [3.05, 3.63) is 45.3 Å². The first-order chi connectivity index (χ1) is 9.49. The summed E-state index contributed by atoms with van der Waals surface area (Å²) in [6.45, 7) is 1.78. The number of rotatable bonds is 4. The summed E-state index contributed by atoms with van der Waals surface area (Å²) >= 11 is 0. The van der Waals surface area contributed by atoms with E-state index in [1.165, 1.54) is 6.07 Å². The predicted molar refractivity (Wildman–Crippen MR) is 69.8 cm³/mol. The number of carbonyl (C=O) groups is 1. The summed E-state index contributed by atoms with van der Waals surface area (Å²) < 4.78 is 0. The Morgan fingerprint density at radius 2 is 2.30 bits per heavy atom. The molecule has 0 fully saturated rings. The number of nitro groups is 1. The molecule has 0 bridgehead atoms. The molecule has 20 heavy (non-hydrogen) atoms. The van der Waals surface area contributed by atoms with Gasteiger partial charge in [-0.15, -0.1) is 5.10 Å². The minimum atomic E-state index is -0.486. The first-order valence-corrected chi connectivity index (χ1v) is 5.68. The molecule has 9 heteroatoms. The lowest BCUT2D eigenvalue weighted by atomic mass is 10.1. The van der Waals surface area contributed by atoms with Crippen molar-refractivity contribution in [2.75, 3.05) is 5.73 Å². The van der Waals surface area contributed by atoms with Crippen molar-refractivity contribution >= 4 is 17.5 Å². The van der Waals surface area contributed by atoms with Crippen LogP contribution in [0.4, 0.5) is 11.6 Å². The highest BCUT2D eigenvalue weighted by molar-refractivity contribution is 5.90. The van der Waals surface area contributed by atoms with Gasteiger partial charge in [0.1, 0.15) is 0 Å². The van der Waals surface area contributed by atoms with E-state index < -0.39 is 10.8 Å². The molecule has 0 aliphatic carbocycles. The predicted octanol–water partition coefficient (Wildman–Crippen LogP) is 0.534. The maximum atomic E-state index is 11.7.